The monoisotopic (exact) mass is 411 g/mol. The van der Waals surface area contributed by atoms with Gasteiger partial charge in [0.25, 0.3) is 5.91 Å². The first-order valence-corrected chi connectivity index (χ1v) is 11.9. The first-order chi connectivity index (χ1) is 13.5. The van der Waals surface area contributed by atoms with Gasteiger partial charge in [-0.15, -0.1) is 0 Å². The van der Waals surface area contributed by atoms with Gasteiger partial charge in [-0.25, -0.2) is 8.42 Å². The van der Waals surface area contributed by atoms with Gasteiger partial charge in [0.1, 0.15) is 0 Å². The summed E-state index contributed by atoms with van der Waals surface area (Å²) in [4.78, 5) is 15.0. The summed E-state index contributed by atoms with van der Waals surface area (Å²) >= 11 is 1.64. The fraction of sp³-hybridized carbons (Fsp3) is 0.227. The third kappa shape index (κ3) is 3.88. The van der Waals surface area contributed by atoms with Crippen molar-refractivity contribution in [3.63, 3.8) is 0 Å². The van der Waals surface area contributed by atoms with Gasteiger partial charge in [0.05, 0.1) is 10.6 Å². The highest BCUT2D eigenvalue weighted by atomic mass is 32.2. The summed E-state index contributed by atoms with van der Waals surface area (Å²) in [5.41, 5.74) is 2.81. The van der Waals surface area contributed by atoms with Crippen LogP contribution in [0.3, 0.4) is 0 Å². The summed E-state index contributed by atoms with van der Waals surface area (Å²) in [7, 11) is -3.42. The second kappa shape index (κ2) is 7.89. The molecule has 0 radical (unpaired) electrons. The molecule has 2 aromatic carbocycles. The van der Waals surface area contributed by atoms with E-state index < -0.39 is 9.84 Å². The van der Waals surface area contributed by atoms with E-state index in [1.54, 1.807) is 46.6 Å². The number of benzene rings is 2. The molecule has 4 nitrogen and oxygen atoms in total. The molecule has 1 saturated heterocycles. The molecular formula is C22H21NO3S2. The number of nitrogens with zero attached hydrogens (tertiary/aromatic N) is 1. The van der Waals surface area contributed by atoms with E-state index in [9.17, 15) is 13.2 Å². The summed E-state index contributed by atoms with van der Waals surface area (Å²) in [6.07, 6.45) is 1.54. The van der Waals surface area contributed by atoms with Crippen LogP contribution in [-0.2, 0) is 9.84 Å². The molecule has 6 heteroatoms. The van der Waals surface area contributed by atoms with Crippen LogP contribution in [-0.4, -0.2) is 37.6 Å². The van der Waals surface area contributed by atoms with E-state index >= 15 is 0 Å². The molecule has 1 fully saturated rings. The minimum Gasteiger partial charge on any atom is -0.335 e. The number of carbonyl (C=O) groups is 1. The zero-order chi connectivity index (χ0) is 19.6. The standard InChI is InChI=1S/C22H21NO3S2/c24-22(18-10-8-17(9-11-18)19-12-14-27-15-19)23-13-4-5-20(23)16-28(25,26)21-6-2-1-3-7-21/h1-3,6-12,14-15,20H,4-5,13,16H2. The van der Waals surface area contributed by atoms with Crippen LogP contribution in [0, 0.1) is 0 Å². The quantitative estimate of drug-likeness (QED) is 0.621. The Balaban J connectivity index is 1.51. The number of hydrogen-bond acceptors (Lipinski definition) is 4. The first-order valence-electron chi connectivity index (χ1n) is 9.26. The molecule has 0 aliphatic carbocycles. The van der Waals surface area contributed by atoms with Crippen LogP contribution >= 0.6 is 11.3 Å². The number of sulfone groups is 1. The Morgan fingerprint density at radius 2 is 1.75 bits per heavy atom. The fourth-order valence-corrected chi connectivity index (χ4v) is 5.94. The Labute approximate surface area is 169 Å². The summed E-state index contributed by atoms with van der Waals surface area (Å²) < 4.78 is 25.5. The molecular weight excluding hydrogens is 390 g/mol. The number of rotatable bonds is 5. The van der Waals surface area contributed by atoms with Crippen molar-refractivity contribution in [2.45, 2.75) is 23.8 Å². The maximum absolute atomic E-state index is 13.0. The molecule has 4 rings (SSSR count). The van der Waals surface area contributed by atoms with E-state index in [0.717, 1.165) is 17.5 Å². The van der Waals surface area contributed by atoms with Crippen molar-refractivity contribution in [3.05, 3.63) is 77.0 Å². The van der Waals surface area contributed by atoms with Gasteiger partial charge in [0.2, 0.25) is 0 Å². The van der Waals surface area contributed by atoms with Crippen LogP contribution in [0.25, 0.3) is 11.1 Å². The summed E-state index contributed by atoms with van der Waals surface area (Å²) in [6, 6.07) is 17.8. The molecule has 1 aliphatic heterocycles. The lowest BCUT2D eigenvalue weighted by atomic mass is 10.1. The van der Waals surface area contributed by atoms with Crippen molar-refractivity contribution < 1.29 is 13.2 Å². The molecule has 0 bridgehead atoms. The Kier molecular flexibility index (Phi) is 5.33. The van der Waals surface area contributed by atoms with Crippen LogP contribution in [0.4, 0.5) is 0 Å². The van der Waals surface area contributed by atoms with Crippen LogP contribution in [0.15, 0.2) is 76.3 Å². The Hall–Kier alpha value is -2.44. The van der Waals surface area contributed by atoms with Crippen molar-refractivity contribution in [1.82, 2.24) is 4.90 Å². The van der Waals surface area contributed by atoms with E-state index in [2.05, 4.69) is 5.38 Å². The molecule has 3 aromatic rings. The number of likely N-dealkylation sites (tertiary alicyclic amines) is 1. The fourth-order valence-electron chi connectivity index (χ4n) is 3.65. The molecule has 1 aromatic heterocycles. The maximum Gasteiger partial charge on any atom is 0.254 e. The Bertz CT molecular complexity index is 1040. The Morgan fingerprint density at radius 1 is 1.00 bits per heavy atom. The normalized spacial score (nSPS) is 17.0. The molecule has 144 valence electrons. The molecule has 0 N–H and O–H groups in total. The number of hydrogen-bond donors (Lipinski definition) is 0. The molecule has 0 saturated carbocycles. The maximum atomic E-state index is 13.0. The third-order valence-electron chi connectivity index (χ3n) is 5.14. The number of thiophene rings is 1. The molecule has 1 amide bonds. The van der Waals surface area contributed by atoms with Crippen LogP contribution in [0.2, 0.25) is 0 Å². The molecule has 0 spiro atoms. The van der Waals surface area contributed by atoms with Crippen molar-refractivity contribution in [2.24, 2.45) is 0 Å². The van der Waals surface area contributed by atoms with Gasteiger partial charge in [-0.3, -0.25) is 4.79 Å². The topological polar surface area (TPSA) is 54.5 Å². The second-order valence-corrected chi connectivity index (χ2v) is 9.79. The SMILES string of the molecule is O=C(c1ccc(-c2ccsc2)cc1)N1CCCC1CS(=O)(=O)c1ccccc1. The number of carbonyl (C=O) groups excluding carboxylic acids is 1. The zero-order valence-corrected chi connectivity index (χ0v) is 17.0. The predicted molar refractivity (Wildman–Crippen MR) is 112 cm³/mol. The minimum atomic E-state index is -3.42. The van der Waals surface area contributed by atoms with Gasteiger partial charge in [-0.1, -0.05) is 30.3 Å². The van der Waals surface area contributed by atoms with Crippen LogP contribution in [0.1, 0.15) is 23.2 Å². The lowest BCUT2D eigenvalue weighted by Gasteiger charge is -2.25. The molecule has 28 heavy (non-hydrogen) atoms. The molecule has 1 aliphatic rings. The summed E-state index contributed by atoms with van der Waals surface area (Å²) in [5.74, 6) is -0.127. The van der Waals surface area contributed by atoms with Crippen molar-refractivity contribution >= 4 is 27.1 Å². The van der Waals surface area contributed by atoms with E-state index in [-0.39, 0.29) is 17.7 Å². The average Bonchev–Trinajstić information content (AvgIpc) is 3.40. The van der Waals surface area contributed by atoms with Crippen LogP contribution in [0.5, 0.6) is 0 Å². The van der Waals surface area contributed by atoms with E-state index in [1.165, 1.54) is 0 Å². The zero-order valence-electron chi connectivity index (χ0n) is 15.3. The molecule has 2 heterocycles. The van der Waals surface area contributed by atoms with Gasteiger partial charge < -0.3 is 4.90 Å². The first kappa shape index (κ1) is 18.9. The van der Waals surface area contributed by atoms with E-state index in [4.69, 9.17) is 0 Å². The van der Waals surface area contributed by atoms with Crippen molar-refractivity contribution in [2.75, 3.05) is 12.3 Å². The van der Waals surface area contributed by atoms with Gasteiger partial charge in [0.15, 0.2) is 9.84 Å². The lowest BCUT2D eigenvalue weighted by molar-refractivity contribution is 0.0749. The van der Waals surface area contributed by atoms with Gasteiger partial charge in [-0.05, 0) is 65.1 Å². The van der Waals surface area contributed by atoms with Crippen molar-refractivity contribution in [1.29, 1.82) is 0 Å². The average molecular weight is 412 g/mol. The molecule has 1 unspecified atom stereocenters. The lowest BCUT2D eigenvalue weighted by Crippen LogP contribution is -2.39. The predicted octanol–water partition coefficient (Wildman–Crippen LogP) is 4.49. The largest absolute Gasteiger partial charge is 0.335 e. The van der Waals surface area contributed by atoms with Gasteiger partial charge in [0, 0.05) is 18.2 Å². The van der Waals surface area contributed by atoms with Gasteiger partial charge in [-0.2, -0.15) is 11.3 Å². The smallest absolute Gasteiger partial charge is 0.254 e. The van der Waals surface area contributed by atoms with Gasteiger partial charge >= 0.3 is 0 Å². The van der Waals surface area contributed by atoms with Crippen LogP contribution < -0.4 is 0 Å². The highest BCUT2D eigenvalue weighted by molar-refractivity contribution is 7.91. The number of amides is 1. The Morgan fingerprint density at radius 3 is 2.43 bits per heavy atom. The second-order valence-electron chi connectivity index (χ2n) is 6.98. The summed E-state index contributed by atoms with van der Waals surface area (Å²) in [5, 5.41) is 4.10. The highest BCUT2D eigenvalue weighted by Gasteiger charge is 2.33. The third-order valence-corrected chi connectivity index (χ3v) is 7.64. The highest BCUT2D eigenvalue weighted by Crippen LogP contribution is 2.26. The van der Waals surface area contributed by atoms with E-state index in [0.29, 0.717) is 23.4 Å². The minimum absolute atomic E-state index is 0.0320. The van der Waals surface area contributed by atoms with Crippen molar-refractivity contribution in [3.8, 4) is 11.1 Å². The molecule has 1 atom stereocenters. The van der Waals surface area contributed by atoms with E-state index in [1.807, 2.05) is 35.7 Å². The summed E-state index contributed by atoms with van der Waals surface area (Å²) in [6.45, 7) is 0.597.